The molecule has 3 rings (SSSR count). The first-order chi connectivity index (χ1) is 13.6. The Labute approximate surface area is 162 Å². The van der Waals surface area contributed by atoms with Crippen LogP contribution < -0.4 is 20.1 Å². The van der Waals surface area contributed by atoms with Crippen LogP contribution in [0.15, 0.2) is 60.8 Å². The third-order valence-electron chi connectivity index (χ3n) is 4.03. The molecule has 0 spiro atoms. The number of carbonyl (C=O) groups is 1. The van der Waals surface area contributed by atoms with E-state index in [2.05, 4.69) is 15.6 Å². The molecule has 28 heavy (non-hydrogen) atoms. The van der Waals surface area contributed by atoms with Crippen molar-refractivity contribution >= 4 is 17.4 Å². The zero-order valence-corrected chi connectivity index (χ0v) is 15.5. The molecule has 0 aliphatic heterocycles. The number of aromatic nitrogens is 1. The van der Waals surface area contributed by atoms with Gasteiger partial charge in [-0.1, -0.05) is 12.1 Å². The summed E-state index contributed by atoms with van der Waals surface area (Å²) in [5.74, 6) is 1.17. The van der Waals surface area contributed by atoms with Gasteiger partial charge in [0.05, 0.1) is 19.8 Å². The molecule has 144 valence electrons. The molecule has 6 nitrogen and oxygen atoms in total. The predicted molar refractivity (Wildman–Crippen MR) is 105 cm³/mol. The van der Waals surface area contributed by atoms with Crippen LogP contribution in [0, 0.1) is 5.82 Å². The molecule has 2 aromatic carbocycles. The molecule has 0 fully saturated rings. The summed E-state index contributed by atoms with van der Waals surface area (Å²) in [6.45, 7) is 0.530. The Hall–Kier alpha value is -3.61. The highest BCUT2D eigenvalue weighted by molar-refractivity contribution is 6.04. The first-order valence-corrected chi connectivity index (χ1v) is 8.57. The van der Waals surface area contributed by atoms with E-state index < -0.39 is 5.82 Å². The van der Waals surface area contributed by atoms with E-state index in [1.807, 2.05) is 18.2 Å². The van der Waals surface area contributed by atoms with Gasteiger partial charge in [-0.25, -0.2) is 9.37 Å². The summed E-state index contributed by atoms with van der Waals surface area (Å²) in [5, 5.41) is 5.82. The molecule has 0 atom stereocenters. The van der Waals surface area contributed by atoms with Crippen LogP contribution >= 0.6 is 0 Å². The predicted octanol–water partition coefficient (Wildman–Crippen LogP) is 4.10. The van der Waals surface area contributed by atoms with Gasteiger partial charge in [0.1, 0.15) is 11.6 Å². The molecule has 1 heterocycles. The van der Waals surface area contributed by atoms with Gasteiger partial charge in [-0.3, -0.25) is 4.79 Å². The van der Waals surface area contributed by atoms with Gasteiger partial charge in [-0.2, -0.15) is 0 Å². The van der Waals surface area contributed by atoms with Crippen molar-refractivity contribution in [2.24, 2.45) is 0 Å². The maximum atomic E-state index is 13.2. The minimum atomic E-state index is -0.411. The number of amides is 1. The largest absolute Gasteiger partial charge is 0.493 e. The lowest BCUT2D eigenvalue weighted by atomic mass is 10.2. The summed E-state index contributed by atoms with van der Waals surface area (Å²) in [4.78, 5) is 16.5. The number of halogens is 1. The first-order valence-electron chi connectivity index (χ1n) is 8.57. The van der Waals surface area contributed by atoms with E-state index in [1.165, 1.54) is 24.4 Å². The number of anilines is 2. The Morgan fingerprint density at radius 1 is 1.04 bits per heavy atom. The van der Waals surface area contributed by atoms with E-state index in [-0.39, 0.29) is 5.91 Å². The molecule has 7 heteroatoms. The van der Waals surface area contributed by atoms with Gasteiger partial charge in [0.15, 0.2) is 11.5 Å². The van der Waals surface area contributed by atoms with Gasteiger partial charge in [0, 0.05) is 18.4 Å². The Balaban J connectivity index is 1.60. The first kappa shape index (κ1) is 19.2. The van der Waals surface area contributed by atoms with E-state index in [0.29, 0.717) is 35.1 Å². The van der Waals surface area contributed by atoms with Crippen molar-refractivity contribution in [3.05, 3.63) is 77.7 Å². The molecule has 0 unspecified atom stereocenters. The topological polar surface area (TPSA) is 72.5 Å². The van der Waals surface area contributed by atoms with E-state index in [0.717, 1.165) is 5.56 Å². The van der Waals surface area contributed by atoms with Gasteiger partial charge in [0.25, 0.3) is 5.91 Å². The average molecular weight is 381 g/mol. The van der Waals surface area contributed by atoms with Crippen molar-refractivity contribution in [2.75, 3.05) is 24.9 Å². The summed E-state index contributed by atoms with van der Waals surface area (Å²) >= 11 is 0. The Morgan fingerprint density at radius 3 is 2.54 bits per heavy atom. The SMILES string of the molecule is COc1ccc(CNc2ccc(C(=O)Nc3cccc(F)c3)cn2)cc1OC. The molecule has 0 saturated carbocycles. The third kappa shape index (κ3) is 4.76. The van der Waals surface area contributed by atoms with Crippen LogP contribution in [-0.4, -0.2) is 25.1 Å². The lowest BCUT2D eigenvalue weighted by Gasteiger charge is -2.11. The molecule has 0 aliphatic rings. The lowest BCUT2D eigenvalue weighted by Crippen LogP contribution is -2.12. The normalized spacial score (nSPS) is 10.2. The monoisotopic (exact) mass is 381 g/mol. The van der Waals surface area contributed by atoms with E-state index >= 15 is 0 Å². The smallest absolute Gasteiger partial charge is 0.257 e. The number of ether oxygens (including phenoxy) is 2. The van der Waals surface area contributed by atoms with Crippen LogP contribution in [0.2, 0.25) is 0 Å². The number of pyridine rings is 1. The van der Waals surface area contributed by atoms with Crippen LogP contribution in [-0.2, 0) is 6.54 Å². The minimum absolute atomic E-state index is 0.357. The summed E-state index contributed by atoms with van der Waals surface area (Å²) in [6.07, 6.45) is 1.46. The fraction of sp³-hybridized carbons (Fsp3) is 0.143. The summed E-state index contributed by atoms with van der Waals surface area (Å²) in [7, 11) is 3.18. The Bertz CT molecular complexity index is 961. The third-order valence-corrected chi connectivity index (χ3v) is 4.03. The zero-order valence-electron chi connectivity index (χ0n) is 15.5. The molecule has 0 saturated heterocycles. The van der Waals surface area contributed by atoms with E-state index in [9.17, 15) is 9.18 Å². The number of benzene rings is 2. The highest BCUT2D eigenvalue weighted by Gasteiger charge is 2.08. The number of carbonyl (C=O) groups excluding carboxylic acids is 1. The van der Waals surface area contributed by atoms with Crippen LogP contribution in [0.3, 0.4) is 0 Å². The summed E-state index contributed by atoms with van der Waals surface area (Å²) in [5.41, 5.74) is 1.76. The molecule has 0 radical (unpaired) electrons. The molecule has 1 aromatic heterocycles. The second kappa shape index (κ2) is 8.85. The lowest BCUT2D eigenvalue weighted by molar-refractivity contribution is 0.102. The van der Waals surface area contributed by atoms with Crippen LogP contribution in [0.5, 0.6) is 11.5 Å². The van der Waals surface area contributed by atoms with Crippen LogP contribution in [0.1, 0.15) is 15.9 Å². The van der Waals surface area contributed by atoms with Gasteiger partial charge in [-0.05, 0) is 48.0 Å². The van der Waals surface area contributed by atoms with E-state index in [1.54, 1.807) is 32.4 Å². The molecule has 0 aliphatic carbocycles. The number of nitrogens with zero attached hydrogens (tertiary/aromatic N) is 1. The van der Waals surface area contributed by atoms with Gasteiger partial charge in [0.2, 0.25) is 0 Å². The van der Waals surface area contributed by atoms with Crippen LogP contribution in [0.25, 0.3) is 0 Å². The van der Waals surface area contributed by atoms with Gasteiger partial charge in [-0.15, -0.1) is 0 Å². The Morgan fingerprint density at radius 2 is 1.86 bits per heavy atom. The second-order valence-electron chi connectivity index (χ2n) is 5.94. The maximum Gasteiger partial charge on any atom is 0.257 e. The van der Waals surface area contributed by atoms with Crippen molar-refractivity contribution in [3.63, 3.8) is 0 Å². The van der Waals surface area contributed by atoms with Crippen molar-refractivity contribution in [1.29, 1.82) is 0 Å². The van der Waals surface area contributed by atoms with Crippen LogP contribution in [0.4, 0.5) is 15.9 Å². The molecular weight excluding hydrogens is 361 g/mol. The molecular formula is C21H20FN3O3. The minimum Gasteiger partial charge on any atom is -0.493 e. The fourth-order valence-corrected chi connectivity index (χ4v) is 2.59. The van der Waals surface area contributed by atoms with Crippen molar-refractivity contribution in [2.45, 2.75) is 6.54 Å². The molecule has 1 amide bonds. The van der Waals surface area contributed by atoms with Gasteiger partial charge >= 0.3 is 0 Å². The number of rotatable bonds is 7. The van der Waals surface area contributed by atoms with Crippen molar-refractivity contribution in [3.8, 4) is 11.5 Å². The highest BCUT2D eigenvalue weighted by atomic mass is 19.1. The summed E-state index contributed by atoms with van der Waals surface area (Å²) in [6, 6.07) is 14.7. The molecule has 3 aromatic rings. The van der Waals surface area contributed by atoms with Crippen molar-refractivity contribution in [1.82, 2.24) is 4.98 Å². The molecule has 0 bridgehead atoms. The fourth-order valence-electron chi connectivity index (χ4n) is 2.59. The quantitative estimate of drug-likeness (QED) is 0.645. The molecule has 2 N–H and O–H groups in total. The van der Waals surface area contributed by atoms with Crippen molar-refractivity contribution < 1.29 is 18.7 Å². The van der Waals surface area contributed by atoms with E-state index in [4.69, 9.17) is 9.47 Å². The number of hydrogen-bond donors (Lipinski definition) is 2. The average Bonchev–Trinajstić information content (AvgIpc) is 2.72. The summed E-state index contributed by atoms with van der Waals surface area (Å²) < 4.78 is 23.7. The second-order valence-corrected chi connectivity index (χ2v) is 5.94. The number of nitrogens with one attached hydrogen (secondary N) is 2. The standard InChI is InChI=1S/C21H20FN3O3/c1-27-18-8-6-14(10-19(18)28-2)12-23-20-9-7-15(13-24-20)21(26)25-17-5-3-4-16(22)11-17/h3-11,13H,12H2,1-2H3,(H,23,24)(H,25,26). The number of hydrogen-bond acceptors (Lipinski definition) is 5. The highest BCUT2D eigenvalue weighted by Crippen LogP contribution is 2.27. The Kier molecular flexibility index (Phi) is 6.06. The van der Waals surface area contributed by atoms with Gasteiger partial charge < -0.3 is 20.1 Å². The maximum absolute atomic E-state index is 13.2. The number of methoxy groups -OCH3 is 2. The zero-order chi connectivity index (χ0) is 19.9.